The van der Waals surface area contributed by atoms with Crippen molar-refractivity contribution in [3.05, 3.63) is 58.0 Å². The van der Waals surface area contributed by atoms with Gasteiger partial charge < -0.3 is 28.5 Å². The van der Waals surface area contributed by atoms with Gasteiger partial charge in [0.2, 0.25) is 5.91 Å². The number of carbonyl (C=O) groups is 3. The second kappa shape index (κ2) is 15.1. The van der Waals surface area contributed by atoms with Gasteiger partial charge in [0.1, 0.15) is 23.2 Å². The molecule has 2 aromatic rings. The van der Waals surface area contributed by atoms with Crippen LogP contribution in [0.15, 0.2) is 45.3 Å². The van der Waals surface area contributed by atoms with E-state index in [-0.39, 0.29) is 24.9 Å². The fourth-order valence-electron chi connectivity index (χ4n) is 5.25. The molecular weight excluding hydrogens is 610 g/mol. The number of benzene rings is 1. The van der Waals surface area contributed by atoms with Crippen molar-refractivity contribution in [2.24, 2.45) is 11.8 Å². The molecule has 0 bridgehead atoms. The fourth-order valence-corrected chi connectivity index (χ4v) is 5.75. The molecule has 1 aromatic heterocycles. The maximum Gasteiger partial charge on any atom is 0.417 e. The first-order valence-electron chi connectivity index (χ1n) is 14.2. The maximum atomic E-state index is 13.6. The number of carbonyl (C=O) groups excluding carboxylic acids is 3. The van der Waals surface area contributed by atoms with Gasteiger partial charge in [-0.05, 0) is 60.7 Å². The number of hydrogen-bond acceptors (Lipinski definition) is 9. The monoisotopic (exact) mass is 651 g/mol. The molecule has 1 fully saturated rings. The van der Waals surface area contributed by atoms with Crippen molar-refractivity contribution in [2.75, 3.05) is 19.8 Å². The standard InChI is InChI=1S/C31H42BrNO9/c1-19(2)28-31(5,6)42-30(37)33(28)29(36)20(3)27(40-21(4)35)26-15-24(32)25(41-26)13-10-14-38-18-23(16-34)39-17-22-11-8-7-9-12-22/h7-9,11-12,15,19-20,23,27-28,34H,10,13-14,16-18H2,1-6H3. The predicted molar refractivity (Wildman–Crippen MR) is 157 cm³/mol. The summed E-state index contributed by atoms with van der Waals surface area (Å²) in [5.74, 6) is -1.17. The van der Waals surface area contributed by atoms with Crippen LogP contribution in [0, 0.1) is 11.8 Å². The van der Waals surface area contributed by atoms with E-state index >= 15 is 0 Å². The molecule has 0 spiro atoms. The molecular formula is C31H42BrNO9. The van der Waals surface area contributed by atoms with Gasteiger partial charge in [-0.3, -0.25) is 9.59 Å². The first-order valence-corrected chi connectivity index (χ1v) is 15.0. The van der Waals surface area contributed by atoms with E-state index in [1.165, 1.54) is 6.92 Å². The number of amides is 2. The molecule has 11 heteroatoms. The Kier molecular flexibility index (Phi) is 12.2. The van der Waals surface area contributed by atoms with Crippen molar-refractivity contribution in [3.8, 4) is 0 Å². The highest BCUT2D eigenvalue weighted by molar-refractivity contribution is 9.10. The SMILES string of the molecule is CC(=O)OC(c1cc(Br)c(CCCOCC(CO)OCc2ccccc2)o1)C(C)C(=O)N1C(=O)OC(C)(C)C1C(C)C. The zero-order chi connectivity index (χ0) is 31.0. The molecule has 4 unspecified atom stereocenters. The fraction of sp³-hybridized carbons (Fsp3) is 0.581. The van der Waals surface area contributed by atoms with Crippen LogP contribution in [0.3, 0.4) is 0 Å². The van der Waals surface area contributed by atoms with Gasteiger partial charge in [0, 0.05) is 20.0 Å². The van der Waals surface area contributed by atoms with E-state index in [9.17, 15) is 19.5 Å². The van der Waals surface area contributed by atoms with Gasteiger partial charge in [-0.15, -0.1) is 0 Å². The van der Waals surface area contributed by atoms with Gasteiger partial charge in [-0.1, -0.05) is 44.2 Å². The molecule has 2 amide bonds. The van der Waals surface area contributed by atoms with Crippen molar-refractivity contribution >= 4 is 33.9 Å². The zero-order valence-corrected chi connectivity index (χ0v) is 26.7. The summed E-state index contributed by atoms with van der Waals surface area (Å²) in [7, 11) is 0. The molecule has 232 valence electrons. The van der Waals surface area contributed by atoms with Crippen LogP contribution in [0.5, 0.6) is 0 Å². The number of aliphatic hydroxyl groups is 1. The topological polar surface area (TPSA) is 125 Å². The molecule has 0 saturated carbocycles. The first-order chi connectivity index (χ1) is 19.9. The summed E-state index contributed by atoms with van der Waals surface area (Å²) in [6.45, 7) is 11.1. The lowest BCUT2D eigenvalue weighted by atomic mass is 9.88. The Labute approximate surface area is 255 Å². The molecule has 0 aliphatic carbocycles. The largest absolute Gasteiger partial charge is 0.461 e. The zero-order valence-electron chi connectivity index (χ0n) is 25.1. The Hall–Kier alpha value is -2.73. The number of hydrogen-bond donors (Lipinski definition) is 1. The number of furan rings is 1. The first kappa shape index (κ1) is 33.8. The van der Waals surface area contributed by atoms with Gasteiger partial charge in [-0.25, -0.2) is 9.69 Å². The van der Waals surface area contributed by atoms with Crippen LogP contribution in [-0.2, 0) is 41.6 Å². The number of aryl methyl sites for hydroxylation is 1. The van der Waals surface area contributed by atoms with Crippen LogP contribution in [0.1, 0.15) is 71.2 Å². The molecule has 1 aliphatic rings. The van der Waals surface area contributed by atoms with Crippen LogP contribution in [0.25, 0.3) is 0 Å². The second-order valence-corrected chi connectivity index (χ2v) is 12.2. The Morgan fingerprint density at radius 3 is 2.48 bits per heavy atom. The minimum absolute atomic E-state index is 0.0514. The number of halogens is 1. The number of rotatable bonds is 15. The van der Waals surface area contributed by atoms with Crippen LogP contribution >= 0.6 is 15.9 Å². The van der Waals surface area contributed by atoms with Gasteiger partial charge in [-0.2, -0.15) is 0 Å². The lowest BCUT2D eigenvalue weighted by molar-refractivity contribution is -0.155. The van der Waals surface area contributed by atoms with E-state index in [2.05, 4.69) is 15.9 Å². The number of esters is 1. The maximum absolute atomic E-state index is 13.6. The Bertz CT molecular complexity index is 1200. The van der Waals surface area contributed by atoms with Crippen LogP contribution in [-0.4, -0.2) is 65.5 Å². The van der Waals surface area contributed by atoms with E-state index in [0.717, 1.165) is 10.5 Å². The highest BCUT2D eigenvalue weighted by atomic mass is 79.9. The smallest absolute Gasteiger partial charge is 0.417 e. The molecule has 1 saturated heterocycles. The molecule has 1 N–H and O–H groups in total. The average molecular weight is 653 g/mol. The molecule has 4 atom stereocenters. The predicted octanol–water partition coefficient (Wildman–Crippen LogP) is 5.59. The van der Waals surface area contributed by atoms with Crippen LogP contribution < -0.4 is 0 Å². The third-order valence-corrected chi connectivity index (χ3v) is 7.80. The summed E-state index contributed by atoms with van der Waals surface area (Å²) in [6, 6.07) is 10.9. The van der Waals surface area contributed by atoms with Gasteiger partial charge in [0.15, 0.2) is 6.10 Å². The van der Waals surface area contributed by atoms with Crippen molar-refractivity contribution in [1.29, 1.82) is 0 Å². The lowest BCUT2D eigenvalue weighted by Gasteiger charge is -2.33. The number of nitrogens with zero attached hydrogens (tertiary/aromatic N) is 1. The summed E-state index contributed by atoms with van der Waals surface area (Å²) in [5.41, 5.74) is 0.160. The number of imide groups is 1. The minimum Gasteiger partial charge on any atom is -0.461 e. The normalized spacial score (nSPS) is 18.5. The van der Waals surface area contributed by atoms with Gasteiger partial charge in [0.25, 0.3) is 0 Å². The number of ether oxygens (including phenoxy) is 4. The number of aliphatic hydroxyl groups excluding tert-OH is 1. The van der Waals surface area contributed by atoms with Crippen molar-refractivity contribution < 1.29 is 42.9 Å². The van der Waals surface area contributed by atoms with Crippen molar-refractivity contribution in [1.82, 2.24) is 4.90 Å². The van der Waals surface area contributed by atoms with Crippen LogP contribution in [0.4, 0.5) is 4.79 Å². The minimum atomic E-state index is -1.05. The summed E-state index contributed by atoms with van der Waals surface area (Å²) >= 11 is 3.51. The average Bonchev–Trinajstić information content (AvgIpc) is 3.42. The lowest BCUT2D eigenvalue weighted by Crippen LogP contribution is -2.50. The van der Waals surface area contributed by atoms with Crippen LogP contribution in [0.2, 0.25) is 0 Å². The van der Waals surface area contributed by atoms with Crippen molar-refractivity contribution in [2.45, 2.75) is 84.8 Å². The highest BCUT2D eigenvalue weighted by Crippen LogP contribution is 2.39. The quantitative estimate of drug-likeness (QED) is 0.194. The molecule has 1 aromatic carbocycles. The number of cyclic esters (lactones) is 1. The Balaban J connectivity index is 1.60. The second-order valence-electron chi connectivity index (χ2n) is 11.4. The summed E-state index contributed by atoms with van der Waals surface area (Å²) in [5, 5.41) is 9.61. The van der Waals surface area contributed by atoms with E-state index in [4.69, 9.17) is 23.4 Å². The van der Waals surface area contributed by atoms with Gasteiger partial charge >= 0.3 is 12.1 Å². The Morgan fingerprint density at radius 1 is 1.17 bits per heavy atom. The summed E-state index contributed by atoms with van der Waals surface area (Å²) < 4.78 is 29.2. The third kappa shape index (κ3) is 8.65. The van der Waals surface area contributed by atoms with E-state index in [1.54, 1.807) is 26.8 Å². The molecule has 2 heterocycles. The third-order valence-electron chi connectivity index (χ3n) is 7.13. The van der Waals surface area contributed by atoms with Crippen molar-refractivity contribution in [3.63, 3.8) is 0 Å². The van der Waals surface area contributed by atoms with Gasteiger partial charge in [0.05, 0.1) is 36.3 Å². The summed E-state index contributed by atoms with van der Waals surface area (Å²) in [4.78, 5) is 39.5. The van der Waals surface area contributed by atoms with E-state index in [1.807, 2.05) is 44.2 Å². The Morgan fingerprint density at radius 2 is 1.86 bits per heavy atom. The molecule has 0 radical (unpaired) electrons. The molecule has 3 rings (SSSR count). The highest BCUT2D eigenvalue weighted by Gasteiger charge is 2.53. The molecule has 10 nitrogen and oxygen atoms in total. The molecule has 1 aliphatic heterocycles. The van der Waals surface area contributed by atoms with E-state index in [0.29, 0.717) is 36.3 Å². The van der Waals surface area contributed by atoms with E-state index < -0.39 is 47.7 Å². The molecule has 42 heavy (non-hydrogen) atoms. The summed E-state index contributed by atoms with van der Waals surface area (Å²) in [6.07, 6.45) is -1.09.